The molecule has 0 amide bonds. The molecule has 1 aromatic carbocycles. The van der Waals surface area contributed by atoms with Crippen molar-refractivity contribution in [3.05, 3.63) is 35.6 Å². The molecule has 4 nitrogen and oxygen atoms in total. The number of ether oxygens (including phenoxy) is 1. The number of hydrogen-bond donors (Lipinski definition) is 1. The summed E-state index contributed by atoms with van der Waals surface area (Å²) in [7, 11) is 0. The first-order valence-electron chi connectivity index (χ1n) is 7.50. The fraction of sp³-hybridized carbons (Fsp3) is 0.562. The molecule has 0 aliphatic carbocycles. The summed E-state index contributed by atoms with van der Waals surface area (Å²) in [5.41, 5.74) is 0.717. The lowest BCUT2D eigenvalue weighted by molar-refractivity contribution is -0.145. The minimum absolute atomic E-state index is 0.315. The minimum Gasteiger partial charge on any atom is -0.465 e. The van der Waals surface area contributed by atoms with Gasteiger partial charge in [0.15, 0.2) is 0 Å². The van der Waals surface area contributed by atoms with E-state index in [-0.39, 0.29) is 11.8 Å². The minimum atomic E-state index is -0.555. The summed E-state index contributed by atoms with van der Waals surface area (Å²) < 4.78 is 18.1. The van der Waals surface area contributed by atoms with E-state index in [0.29, 0.717) is 13.2 Å². The molecule has 1 atom stereocenters. The highest BCUT2D eigenvalue weighted by molar-refractivity contribution is 5.77. The molecule has 0 aliphatic heterocycles. The lowest BCUT2D eigenvalue weighted by Crippen LogP contribution is -2.37. The standard InChI is InChI=1S/C16H25FN2O2/c1-4-19(5-2)12-11-18-15(16(20)21-6-3)13-7-9-14(17)10-8-13/h7-10,15,18H,4-6,11-12H2,1-3H3. The highest BCUT2D eigenvalue weighted by Crippen LogP contribution is 2.15. The topological polar surface area (TPSA) is 41.6 Å². The molecule has 1 rings (SSSR count). The fourth-order valence-electron chi connectivity index (χ4n) is 2.12. The monoisotopic (exact) mass is 296 g/mol. The molecule has 0 fully saturated rings. The van der Waals surface area contributed by atoms with E-state index in [2.05, 4.69) is 24.1 Å². The van der Waals surface area contributed by atoms with Crippen LogP contribution in [-0.2, 0) is 9.53 Å². The Balaban J connectivity index is 2.69. The van der Waals surface area contributed by atoms with Crippen molar-refractivity contribution in [3.8, 4) is 0 Å². The van der Waals surface area contributed by atoms with Crippen molar-refractivity contribution in [2.75, 3.05) is 32.8 Å². The lowest BCUT2D eigenvalue weighted by atomic mass is 10.1. The molecule has 0 heterocycles. The summed E-state index contributed by atoms with van der Waals surface area (Å²) in [5.74, 6) is -0.645. The van der Waals surface area contributed by atoms with Crippen molar-refractivity contribution in [2.24, 2.45) is 0 Å². The summed E-state index contributed by atoms with van der Waals surface area (Å²) >= 11 is 0. The van der Waals surface area contributed by atoms with Crippen LogP contribution in [0.1, 0.15) is 32.4 Å². The van der Waals surface area contributed by atoms with Gasteiger partial charge in [0.1, 0.15) is 11.9 Å². The van der Waals surface area contributed by atoms with Gasteiger partial charge in [-0.05, 0) is 37.7 Å². The third-order valence-electron chi connectivity index (χ3n) is 3.40. The Labute approximate surface area is 126 Å². The van der Waals surface area contributed by atoms with Crippen molar-refractivity contribution in [3.63, 3.8) is 0 Å². The summed E-state index contributed by atoms with van der Waals surface area (Å²) in [6, 6.07) is 5.38. The van der Waals surface area contributed by atoms with Crippen LogP contribution in [-0.4, -0.2) is 43.7 Å². The fourth-order valence-corrected chi connectivity index (χ4v) is 2.12. The molecule has 118 valence electrons. The van der Waals surface area contributed by atoms with Gasteiger partial charge in [-0.25, -0.2) is 9.18 Å². The molecule has 21 heavy (non-hydrogen) atoms. The molecular formula is C16H25FN2O2. The van der Waals surface area contributed by atoms with Gasteiger partial charge in [0.05, 0.1) is 6.61 Å². The van der Waals surface area contributed by atoms with E-state index in [1.807, 2.05) is 0 Å². The Hall–Kier alpha value is -1.46. The molecule has 0 saturated heterocycles. The Bertz CT molecular complexity index is 419. The van der Waals surface area contributed by atoms with Crippen molar-refractivity contribution in [2.45, 2.75) is 26.8 Å². The maximum atomic E-state index is 13.0. The highest BCUT2D eigenvalue weighted by atomic mass is 19.1. The summed E-state index contributed by atoms with van der Waals surface area (Å²) in [6.45, 7) is 9.77. The Morgan fingerprint density at radius 1 is 1.24 bits per heavy atom. The van der Waals surface area contributed by atoms with Crippen molar-refractivity contribution in [1.29, 1.82) is 0 Å². The highest BCUT2D eigenvalue weighted by Gasteiger charge is 2.21. The van der Waals surface area contributed by atoms with Gasteiger partial charge in [-0.1, -0.05) is 26.0 Å². The van der Waals surface area contributed by atoms with E-state index >= 15 is 0 Å². The van der Waals surface area contributed by atoms with Gasteiger partial charge in [0.2, 0.25) is 0 Å². The van der Waals surface area contributed by atoms with Crippen molar-refractivity contribution < 1.29 is 13.9 Å². The smallest absolute Gasteiger partial charge is 0.327 e. The zero-order chi connectivity index (χ0) is 15.7. The number of carbonyl (C=O) groups excluding carboxylic acids is 1. The number of nitrogens with zero attached hydrogens (tertiary/aromatic N) is 1. The van der Waals surface area contributed by atoms with Crippen LogP contribution in [0.4, 0.5) is 4.39 Å². The van der Waals surface area contributed by atoms with Crippen LogP contribution >= 0.6 is 0 Å². The summed E-state index contributed by atoms with van der Waals surface area (Å²) in [5, 5.41) is 3.20. The number of rotatable bonds is 9. The number of halogens is 1. The van der Waals surface area contributed by atoms with Crippen LogP contribution in [0.15, 0.2) is 24.3 Å². The molecular weight excluding hydrogens is 271 g/mol. The predicted octanol–water partition coefficient (Wildman–Crippen LogP) is 2.36. The molecule has 1 unspecified atom stereocenters. The van der Waals surface area contributed by atoms with Gasteiger partial charge >= 0.3 is 5.97 Å². The maximum Gasteiger partial charge on any atom is 0.327 e. The van der Waals surface area contributed by atoms with Crippen molar-refractivity contribution in [1.82, 2.24) is 10.2 Å². The third kappa shape index (κ3) is 5.81. The van der Waals surface area contributed by atoms with Crippen LogP contribution < -0.4 is 5.32 Å². The Kier molecular flexibility index (Phi) is 7.93. The molecule has 0 saturated carbocycles. The molecule has 5 heteroatoms. The molecule has 0 bridgehead atoms. The molecule has 1 aromatic rings. The van der Waals surface area contributed by atoms with E-state index in [1.54, 1.807) is 19.1 Å². The van der Waals surface area contributed by atoms with E-state index in [4.69, 9.17) is 4.74 Å². The summed E-state index contributed by atoms with van der Waals surface area (Å²) in [4.78, 5) is 14.3. The lowest BCUT2D eigenvalue weighted by Gasteiger charge is -2.21. The molecule has 0 radical (unpaired) electrons. The molecule has 1 N–H and O–H groups in total. The van der Waals surface area contributed by atoms with Gasteiger partial charge in [-0.2, -0.15) is 0 Å². The normalized spacial score (nSPS) is 12.4. The number of esters is 1. The SMILES string of the molecule is CCOC(=O)C(NCCN(CC)CC)c1ccc(F)cc1. The van der Waals surface area contributed by atoms with E-state index in [0.717, 1.165) is 25.2 Å². The maximum absolute atomic E-state index is 13.0. The van der Waals surface area contributed by atoms with Crippen LogP contribution in [0.25, 0.3) is 0 Å². The van der Waals surface area contributed by atoms with E-state index < -0.39 is 6.04 Å². The van der Waals surface area contributed by atoms with Crippen LogP contribution in [0.3, 0.4) is 0 Å². The average Bonchev–Trinajstić information content (AvgIpc) is 2.49. The van der Waals surface area contributed by atoms with Gasteiger partial charge in [0.25, 0.3) is 0 Å². The van der Waals surface area contributed by atoms with Gasteiger partial charge in [-0.15, -0.1) is 0 Å². The van der Waals surface area contributed by atoms with E-state index in [9.17, 15) is 9.18 Å². The zero-order valence-electron chi connectivity index (χ0n) is 13.1. The largest absolute Gasteiger partial charge is 0.465 e. The van der Waals surface area contributed by atoms with E-state index in [1.165, 1.54) is 12.1 Å². The second kappa shape index (κ2) is 9.47. The number of hydrogen-bond acceptors (Lipinski definition) is 4. The second-order valence-corrected chi connectivity index (χ2v) is 4.72. The number of likely N-dealkylation sites (N-methyl/N-ethyl adjacent to an activating group) is 1. The molecule has 0 spiro atoms. The average molecular weight is 296 g/mol. The summed E-state index contributed by atoms with van der Waals surface area (Å²) in [6.07, 6.45) is 0. The van der Waals surface area contributed by atoms with Gasteiger partial charge in [-0.3, -0.25) is 5.32 Å². The van der Waals surface area contributed by atoms with Crippen LogP contribution in [0, 0.1) is 5.82 Å². The Morgan fingerprint density at radius 3 is 2.38 bits per heavy atom. The first-order chi connectivity index (χ1) is 10.1. The Morgan fingerprint density at radius 2 is 1.86 bits per heavy atom. The zero-order valence-corrected chi connectivity index (χ0v) is 13.1. The quantitative estimate of drug-likeness (QED) is 0.710. The van der Waals surface area contributed by atoms with Gasteiger partial charge < -0.3 is 9.64 Å². The first-order valence-corrected chi connectivity index (χ1v) is 7.50. The van der Waals surface area contributed by atoms with Gasteiger partial charge in [0, 0.05) is 13.1 Å². The molecule has 0 aromatic heterocycles. The van der Waals surface area contributed by atoms with Crippen molar-refractivity contribution >= 4 is 5.97 Å². The number of benzene rings is 1. The molecule has 0 aliphatic rings. The number of carbonyl (C=O) groups is 1. The van der Waals surface area contributed by atoms with Crippen LogP contribution in [0.5, 0.6) is 0 Å². The predicted molar refractivity (Wildman–Crippen MR) is 81.6 cm³/mol. The first kappa shape index (κ1) is 17.6. The third-order valence-corrected chi connectivity index (χ3v) is 3.40. The second-order valence-electron chi connectivity index (χ2n) is 4.72. The van der Waals surface area contributed by atoms with Crippen LogP contribution in [0.2, 0.25) is 0 Å². The number of nitrogens with one attached hydrogen (secondary N) is 1.